The van der Waals surface area contributed by atoms with Gasteiger partial charge in [0.05, 0.1) is 5.54 Å². The van der Waals surface area contributed by atoms with Gasteiger partial charge in [0.15, 0.2) is 5.41 Å². The van der Waals surface area contributed by atoms with Crippen molar-refractivity contribution in [2.24, 2.45) is 5.41 Å². The number of likely N-dealkylation sites (tertiary alicyclic amines) is 1. The minimum Gasteiger partial charge on any atom is -0.481 e. The zero-order chi connectivity index (χ0) is 15.8. The molecule has 0 aromatic heterocycles. The molecule has 0 aliphatic carbocycles. The lowest BCUT2D eigenvalue weighted by Gasteiger charge is -2.28. The van der Waals surface area contributed by atoms with Crippen LogP contribution in [0.2, 0.25) is 0 Å². The Balaban J connectivity index is 2.89. The first-order valence-corrected chi connectivity index (χ1v) is 5.80. The molecular formula is C12H15F3N2O3. The highest BCUT2D eigenvalue weighted by molar-refractivity contribution is 5.81. The minimum absolute atomic E-state index is 0.293. The van der Waals surface area contributed by atoms with Gasteiger partial charge in [0, 0.05) is 13.1 Å². The molecule has 0 radical (unpaired) electrons. The monoisotopic (exact) mass is 292 g/mol. The molecule has 0 aromatic carbocycles. The maximum absolute atomic E-state index is 12.9. The molecule has 0 aromatic rings. The van der Waals surface area contributed by atoms with Crippen LogP contribution in [0.15, 0.2) is 0 Å². The van der Waals surface area contributed by atoms with Crippen LogP contribution in [0, 0.1) is 17.8 Å². The van der Waals surface area contributed by atoms with Gasteiger partial charge in [-0.05, 0) is 20.3 Å². The zero-order valence-electron chi connectivity index (χ0n) is 11.0. The summed E-state index contributed by atoms with van der Waals surface area (Å²) in [5, 5.41) is 11.2. The number of aliphatic carboxylic acids is 1. The molecule has 0 bridgehead atoms. The Kier molecular flexibility index (Phi) is 3.94. The van der Waals surface area contributed by atoms with Gasteiger partial charge in [-0.1, -0.05) is 5.92 Å². The molecule has 2 amide bonds. The average Bonchev–Trinajstić information content (AvgIpc) is 2.73. The molecule has 1 fully saturated rings. The molecular weight excluding hydrogens is 277 g/mol. The minimum atomic E-state index is -4.92. The van der Waals surface area contributed by atoms with Crippen LogP contribution in [-0.2, 0) is 4.79 Å². The van der Waals surface area contributed by atoms with Crippen LogP contribution in [0.4, 0.5) is 18.0 Å². The molecule has 2 N–H and O–H groups in total. The maximum Gasteiger partial charge on any atom is 0.406 e. The first-order chi connectivity index (χ1) is 8.95. The van der Waals surface area contributed by atoms with E-state index in [2.05, 4.69) is 11.2 Å². The number of carboxylic acids is 1. The van der Waals surface area contributed by atoms with E-state index in [0.717, 1.165) is 4.90 Å². The number of nitrogens with one attached hydrogen (secondary N) is 1. The number of nitrogens with zero attached hydrogens (tertiary/aromatic N) is 1. The van der Waals surface area contributed by atoms with Crippen molar-refractivity contribution in [3.63, 3.8) is 0 Å². The van der Waals surface area contributed by atoms with Crippen molar-refractivity contribution in [1.29, 1.82) is 0 Å². The number of alkyl halides is 3. The maximum atomic E-state index is 12.9. The SMILES string of the molecule is C#CC(C)(C)NC(=O)N1CCC(C(=O)O)(C(F)(F)F)C1. The van der Waals surface area contributed by atoms with Crippen LogP contribution < -0.4 is 5.32 Å². The fraction of sp³-hybridized carbons (Fsp3) is 0.667. The van der Waals surface area contributed by atoms with Crippen LogP contribution in [0.1, 0.15) is 20.3 Å². The molecule has 20 heavy (non-hydrogen) atoms. The molecule has 8 heteroatoms. The normalized spacial score (nSPS) is 23.3. The number of terminal acetylenes is 1. The summed E-state index contributed by atoms with van der Waals surface area (Å²) in [5.41, 5.74) is -3.94. The van der Waals surface area contributed by atoms with Crippen LogP contribution >= 0.6 is 0 Å². The summed E-state index contributed by atoms with van der Waals surface area (Å²) in [6.45, 7) is 1.81. The van der Waals surface area contributed by atoms with E-state index in [9.17, 15) is 22.8 Å². The van der Waals surface area contributed by atoms with Gasteiger partial charge in [-0.15, -0.1) is 6.42 Å². The molecule has 0 saturated carbocycles. The van der Waals surface area contributed by atoms with Gasteiger partial charge < -0.3 is 15.3 Å². The second-order valence-electron chi connectivity index (χ2n) is 5.26. The number of rotatable bonds is 2. The van der Waals surface area contributed by atoms with E-state index in [1.54, 1.807) is 0 Å². The lowest BCUT2D eigenvalue weighted by atomic mass is 9.86. The number of halogens is 3. The van der Waals surface area contributed by atoms with Crippen molar-refractivity contribution >= 4 is 12.0 Å². The molecule has 5 nitrogen and oxygen atoms in total. The summed E-state index contributed by atoms with van der Waals surface area (Å²) in [6.07, 6.45) is -0.425. The van der Waals surface area contributed by atoms with Gasteiger partial charge >= 0.3 is 18.2 Å². The number of urea groups is 1. The number of amides is 2. The van der Waals surface area contributed by atoms with Gasteiger partial charge in [0.2, 0.25) is 0 Å². The number of carbonyl (C=O) groups is 2. The van der Waals surface area contributed by atoms with E-state index in [1.807, 2.05) is 0 Å². The Morgan fingerprint density at radius 2 is 1.95 bits per heavy atom. The van der Waals surface area contributed by atoms with Crippen molar-refractivity contribution in [2.75, 3.05) is 13.1 Å². The molecule has 1 aliphatic rings. The molecule has 1 heterocycles. The Bertz CT molecular complexity index is 468. The van der Waals surface area contributed by atoms with E-state index in [-0.39, 0.29) is 6.54 Å². The largest absolute Gasteiger partial charge is 0.481 e. The van der Waals surface area contributed by atoms with Gasteiger partial charge in [0.1, 0.15) is 0 Å². The number of carboxylic acid groups (broad SMARTS) is 1. The Labute approximate surface area is 114 Å². The molecule has 1 atom stereocenters. The Morgan fingerprint density at radius 1 is 1.40 bits per heavy atom. The van der Waals surface area contributed by atoms with E-state index < -0.39 is 42.1 Å². The third-order valence-electron chi connectivity index (χ3n) is 3.29. The predicted molar refractivity (Wildman–Crippen MR) is 63.8 cm³/mol. The first kappa shape index (κ1) is 16.1. The second-order valence-corrected chi connectivity index (χ2v) is 5.26. The van der Waals surface area contributed by atoms with Crippen LogP contribution in [0.3, 0.4) is 0 Å². The van der Waals surface area contributed by atoms with Crippen molar-refractivity contribution in [2.45, 2.75) is 32.0 Å². The summed E-state index contributed by atoms with van der Waals surface area (Å²) in [4.78, 5) is 23.6. The van der Waals surface area contributed by atoms with E-state index in [4.69, 9.17) is 11.5 Å². The number of hydrogen-bond acceptors (Lipinski definition) is 2. The second kappa shape index (κ2) is 4.89. The first-order valence-electron chi connectivity index (χ1n) is 5.80. The molecule has 112 valence electrons. The molecule has 1 rings (SSSR count). The lowest BCUT2D eigenvalue weighted by Crippen LogP contribution is -2.52. The van der Waals surface area contributed by atoms with Crippen LogP contribution in [0.5, 0.6) is 0 Å². The van der Waals surface area contributed by atoms with Crippen LogP contribution in [-0.4, -0.2) is 46.8 Å². The van der Waals surface area contributed by atoms with Crippen molar-refractivity contribution in [1.82, 2.24) is 10.2 Å². The lowest BCUT2D eigenvalue weighted by molar-refractivity contribution is -0.226. The highest BCUT2D eigenvalue weighted by atomic mass is 19.4. The summed E-state index contributed by atoms with van der Waals surface area (Å²) in [6, 6.07) is -0.805. The summed E-state index contributed by atoms with van der Waals surface area (Å²) in [5.74, 6) is 0.297. The third-order valence-corrected chi connectivity index (χ3v) is 3.29. The molecule has 0 spiro atoms. The topological polar surface area (TPSA) is 69.6 Å². The quantitative estimate of drug-likeness (QED) is 0.757. The van der Waals surface area contributed by atoms with Gasteiger partial charge in [-0.25, -0.2) is 4.79 Å². The van der Waals surface area contributed by atoms with E-state index >= 15 is 0 Å². The summed E-state index contributed by atoms with van der Waals surface area (Å²) < 4.78 is 38.8. The average molecular weight is 292 g/mol. The standard InChI is InChI=1S/C12H15F3N2O3/c1-4-10(2,3)16-9(20)17-6-5-11(7-17,8(18)19)12(13,14)15/h1H,5-7H2,2-3H3,(H,16,20)(H,18,19). The van der Waals surface area contributed by atoms with Crippen LogP contribution in [0.25, 0.3) is 0 Å². The summed E-state index contributed by atoms with van der Waals surface area (Å²) >= 11 is 0. The molecule has 1 unspecified atom stereocenters. The number of carbonyl (C=O) groups excluding carboxylic acids is 1. The summed E-state index contributed by atoms with van der Waals surface area (Å²) in [7, 11) is 0. The van der Waals surface area contributed by atoms with E-state index in [0.29, 0.717) is 0 Å². The predicted octanol–water partition coefficient (Wildman–Crippen LogP) is 1.45. The smallest absolute Gasteiger partial charge is 0.406 e. The van der Waals surface area contributed by atoms with Crippen molar-refractivity contribution in [3.05, 3.63) is 0 Å². The molecule has 1 aliphatic heterocycles. The fourth-order valence-electron chi connectivity index (χ4n) is 1.89. The van der Waals surface area contributed by atoms with Gasteiger partial charge in [0.25, 0.3) is 0 Å². The highest BCUT2D eigenvalue weighted by Gasteiger charge is 2.64. The highest BCUT2D eigenvalue weighted by Crippen LogP contribution is 2.45. The Morgan fingerprint density at radius 3 is 2.30 bits per heavy atom. The number of hydrogen-bond donors (Lipinski definition) is 2. The van der Waals surface area contributed by atoms with Crippen molar-refractivity contribution in [3.8, 4) is 12.3 Å². The third kappa shape index (κ3) is 2.81. The van der Waals surface area contributed by atoms with E-state index in [1.165, 1.54) is 13.8 Å². The molecule has 1 saturated heterocycles. The zero-order valence-corrected chi connectivity index (χ0v) is 11.0. The van der Waals surface area contributed by atoms with Crippen molar-refractivity contribution < 1.29 is 27.9 Å². The van der Waals surface area contributed by atoms with Gasteiger partial charge in [-0.2, -0.15) is 13.2 Å². The Hall–Kier alpha value is -1.91. The van der Waals surface area contributed by atoms with Gasteiger partial charge in [-0.3, -0.25) is 4.79 Å². The fourth-order valence-corrected chi connectivity index (χ4v) is 1.89.